The summed E-state index contributed by atoms with van der Waals surface area (Å²) in [5.41, 5.74) is 5.89. The number of hydrogen-bond donors (Lipinski definition) is 1. The Labute approximate surface area is 144 Å². The Hall–Kier alpha value is -3.09. The van der Waals surface area contributed by atoms with E-state index >= 15 is 0 Å². The van der Waals surface area contributed by atoms with Gasteiger partial charge in [0.1, 0.15) is 6.61 Å². The van der Waals surface area contributed by atoms with Crippen LogP contribution in [0.15, 0.2) is 41.2 Å². The molecular formula is C18H18N2O5. The summed E-state index contributed by atoms with van der Waals surface area (Å²) in [5, 5.41) is 0. The third kappa shape index (κ3) is 3.71. The van der Waals surface area contributed by atoms with Gasteiger partial charge < -0.3 is 19.8 Å². The first kappa shape index (κ1) is 16.8. The monoisotopic (exact) mass is 342 g/mol. The first-order valence-electron chi connectivity index (χ1n) is 7.92. The van der Waals surface area contributed by atoms with E-state index in [-0.39, 0.29) is 24.1 Å². The predicted molar refractivity (Wildman–Crippen MR) is 89.5 cm³/mol. The number of aryl methyl sites for hydroxylation is 1. The number of primary amides is 1. The Morgan fingerprint density at radius 1 is 1.24 bits per heavy atom. The molecule has 1 aromatic carbocycles. The summed E-state index contributed by atoms with van der Waals surface area (Å²) in [4.78, 5) is 35.8. The second-order valence-electron chi connectivity index (χ2n) is 5.91. The van der Waals surface area contributed by atoms with E-state index in [1.165, 1.54) is 6.07 Å². The molecule has 1 amide bonds. The molecular weight excluding hydrogens is 324 g/mol. The van der Waals surface area contributed by atoms with Gasteiger partial charge in [-0.3, -0.25) is 4.79 Å². The van der Waals surface area contributed by atoms with Crippen LogP contribution in [0.3, 0.4) is 0 Å². The number of rotatable bonds is 5. The van der Waals surface area contributed by atoms with E-state index in [4.69, 9.17) is 10.5 Å². The lowest BCUT2D eigenvalue weighted by atomic mass is 10.2. The van der Waals surface area contributed by atoms with Crippen molar-refractivity contribution in [3.8, 4) is 5.75 Å². The van der Waals surface area contributed by atoms with Gasteiger partial charge >= 0.3 is 12.1 Å². The largest absolute Gasteiger partial charge is 0.482 e. The number of carbonyl (C=O) groups is 2. The number of nitrogens with two attached hydrogens (primary N) is 1. The number of esters is 1. The molecule has 1 aliphatic carbocycles. The van der Waals surface area contributed by atoms with Gasteiger partial charge in [-0.2, -0.15) is 0 Å². The van der Waals surface area contributed by atoms with Gasteiger partial charge in [0, 0.05) is 17.8 Å². The number of amides is 1. The number of hydrogen-bond acceptors (Lipinski definition) is 5. The summed E-state index contributed by atoms with van der Waals surface area (Å²) >= 11 is 0. The maximum absolute atomic E-state index is 12.4. The molecule has 0 atom stereocenters. The molecule has 1 aliphatic rings. The van der Waals surface area contributed by atoms with E-state index < -0.39 is 17.5 Å². The fourth-order valence-electron chi connectivity index (χ4n) is 2.73. The van der Waals surface area contributed by atoms with Crippen molar-refractivity contribution in [3.63, 3.8) is 0 Å². The summed E-state index contributed by atoms with van der Waals surface area (Å²) in [6, 6.07) is 10.7. The number of aromatic nitrogens is 1. The molecule has 3 rings (SSSR count). The minimum Gasteiger partial charge on any atom is -0.482 e. The van der Waals surface area contributed by atoms with Crippen molar-refractivity contribution >= 4 is 12.1 Å². The molecule has 0 unspecified atom stereocenters. The minimum absolute atomic E-state index is 0.0674. The molecule has 0 aliphatic heterocycles. The molecule has 1 saturated carbocycles. The number of carbonyl (C=O) groups excluding carboxylic acids is 2. The van der Waals surface area contributed by atoms with Crippen molar-refractivity contribution in [1.29, 1.82) is 0 Å². The van der Waals surface area contributed by atoms with Crippen LogP contribution in [0.4, 0.5) is 4.79 Å². The van der Waals surface area contributed by atoms with E-state index in [2.05, 4.69) is 4.74 Å². The van der Waals surface area contributed by atoms with Gasteiger partial charge in [0.15, 0.2) is 11.4 Å². The van der Waals surface area contributed by atoms with E-state index in [1.54, 1.807) is 11.5 Å². The third-order valence-electron chi connectivity index (χ3n) is 3.92. The Kier molecular flexibility index (Phi) is 4.56. The molecule has 0 saturated heterocycles. The van der Waals surface area contributed by atoms with Crippen molar-refractivity contribution in [3.05, 3.63) is 63.6 Å². The van der Waals surface area contributed by atoms with Gasteiger partial charge in [0.05, 0.1) is 0 Å². The Bertz CT molecular complexity index is 869. The number of ether oxygens (including phenoxy) is 2. The molecule has 2 aromatic rings. The van der Waals surface area contributed by atoms with Crippen molar-refractivity contribution in [2.45, 2.75) is 32.4 Å². The maximum Gasteiger partial charge on any atom is 0.412 e. The van der Waals surface area contributed by atoms with Crippen LogP contribution in [0.25, 0.3) is 0 Å². The van der Waals surface area contributed by atoms with Crippen LogP contribution in [-0.4, -0.2) is 16.6 Å². The van der Waals surface area contributed by atoms with Gasteiger partial charge in [-0.25, -0.2) is 9.59 Å². The van der Waals surface area contributed by atoms with Gasteiger partial charge in [0.2, 0.25) is 5.43 Å². The van der Waals surface area contributed by atoms with Crippen molar-refractivity contribution in [2.24, 2.45) is 5.73 Å². The standard InChI is InChI=1S/C18H18N2O5/c1-11-9-14(21)16(24-10-12-5-3-2-4-6-12)15(17(22)25-18(19)23)20(11)13-7-8-13/h2-6,9,13H,7-8,10H2,1H3,(H2,19,23). The maximum atomic E-state index is 12.4. The fourth-order valence-corrected chi connectivity index (χ4v) is 2.73. The molecule has 130 valence electrons. The third-order valence-corrected chi connectivity index (χ3v) is 3.92. The van der Waals surface area contributed by atoms with E-state index in [9.17, 15) is 14.4 Å². The molecule has 1 heterocycles. The minimum atomic E-state index is -1.23. The number of pyridine rings is 1. The van der Waals surface area contributed by atoms with Crippen LogP contribution in [0.1, 0.15) is 40.6 Å². The Morgan fingerprint density at radius 3 is 2.52 bits per heavy atom. The van der Waals surface area contributed by atoms with Crippen molar-refractivity contribution in [1.82, 2.24) is 4.57 Å². The lowest BCUT2D eigenvalue weighted by Gasteiger charge is -2.18. The average molecular weight is 342 g/mol. The molecule has 0 bridgehead atoms. The van der Waals surface area contributed by atoms with E-state index in [0.717, 1.165) is 18.4 Å². The highest BCUT2D eigenvalue weighted by Crippen LogP contribution is 2.38. The van der Waals surface area contributed by atoms with Crippen LogP contribution >= 0.6 is 0 Å². The quantitative estimate of drug-likeness (QED) is 0.664. The van der Waals surface area contributed by atoms with Crippen molar-refractivity contribution < 1.29 is 19.1 Å². The first-order valence-corrected chi connectivity index (χ1v) is 7.92. The van der Waals surface area contributed by atoms with Crippen LogP contribution in [0.5, 0.6) is 5.75 Å². The lowest BCUT2D eigenvalue weighted by molar-refractivity contribution is 0.0618. The molecule has 7 nitrogen and oxygen atoms in total. The second kappa shape index (κ2) is 6.80. The van der Waals surface area contributed by atoms with Crippen LogP contribution < -0.4 is 15.9 Å². The van der Waals surface area contributed by atoms with Gasteiger partial charge in [-0.1, -0.05) is 30.3 Å². The summed E-state index contributed by atoms with van der Waals surface area (Å²) in [5.74, 6) is -1.11. The normalized spacial score (nSPS) is 13.3. The van der Waals surface area contributed by atoms with Crippen LogP contribution in [-0.2, 0) is 11.3 Å². The average Bonchev–Trinajstić information content (AvgIpc) is 3.38. The molecule has 0 spiro atoms. The number of nitrogens with zero attached hydrogens (tertiary/aromatic N) is 1. The Morgan fingerprint density at radius 2 is 1.92 bits per heavy atom. The predicted octanol–water partition coefficient (Wildman–Crippen LogP) is 2.31. The van der Waals surface area contributed by atoms with Crippen LogP contribution in [0, 0.1) is 6.92 Å². The molecule has 25 heavy (non-hydrogen) atoms. The molecule has 1 fully saturated rings. The molecule has 1 aromatic heterocycles. The second-order valence-corrected chi connectivity index (χ2v) is 5.91. The molecule has 2 N–H and O–H groups in total. The van der Waals surface area contributed by atoms with Crippen molar-refractivity contribution in [2.75, 3.05) is 0 Å². The highest BCUT2D eigenvalue weighted by molar-refractivity contribution is 5.97. The topological polar surface area (TPSA) is 101 Å². The summed E-state index contributed by atoms with van der Waals surface area (Å²) < 4.78 is 11.8. The van der Waals surface area contributed by atoms with Crippen LogP contribution in [0.2, 0.25) is 0 Å². The summed E-state index contributed by atoms with van der Waals surface area (Å²) in [6.45, 7) is 1.84. The first-order chi connectivity index (χ1) is 12.0. The van der Waals surface area contributed by atoms with Gasteiger partial charge in [0.25, 0.3) is 0 Å². The summed E-state index contributed by atoms with van der Waals surface area (Å²) in [7, 11) is 0. The zero-order chi connectivity index (χ0) is 18.0. The van der Waals surface area contributed by atoms with E-state index in [0.29, 0.717) is 5.69 Å². The van der Waals surface area contributed by atoms with E-state index in [1.807, 2.05) is 30.3 Å². The zero-order valence-electron chi connectivity index (χ0n) is 13.7. The fraction of sp³-hybridized carbons (Fsp3) is 0.278. The van der Waals surface area contributed by atoms with Gasteiger partial charge in [-0.15, -0.1) is 0 Å². The van der Waals surface area contributed by atoms with Gasteiger partial charge in [-0.05, 0) is 25.3 Å². The number of benzene rings is 1. The smallest absolute Gasteiger partial charge is 0.412 e. The molecule has 7 heteroatoms. The Balaban J connectivity index is 2.03. The zero-order valence-corrected chi connectivity index (χ0v) is 13.7. The molecule has 0 radical (unpaired) electrons. The SMILES string of the molecule is Cc1cc(=O)c(OCc2ccccc2)c(C(=O)OC(N)=O)n1C1CC1. The highest BCUT2D eigenvalue weighted by Gasteiger charge is 2.33. The summed E-state index contributed by atoms with van der Waals surface area (Å²) in [6.07, 6.45) is 0.521. The highest BCUT2D eigenvalue weighted by atomic mass is 16.6. The lowest BCUT2D eigenvalue weighted by Crippen LogP contribution is -2.26.